The summed E-state index contributed by atoms with van der Waals surface area (Å²) in [6.45, 7) is 3.65. The van der Waals surface area contributed by atoms with Crippen molar-refractivity contribution < 1.29 is 9.50 Å². The molecule has 12 heavy (non-hydrogen) atoms. The molecule has 0 saturated carbocycles. The van der Waals surface area contributed by atoms with Crippen LogP contribution in [-0.2, 0) is 0 Å². The van der Waals surface area contributed by atoms with Gasteiger partial charge in [-0.1, -0.05) is 25.4 Å². The van der Waals surface area contributed by atoms with Gasteiger partial charge >= 0.3 is 0 Å². The van der Waals surface area contributed by atoms with Crippen LogP contribution in [-0.4, -0.2) is 5.11 Å². The van der Waals surface area contributed by atoms with Crippen LogP contribution < -0.4 is 0 Å². The molecule has 1 N–H and O–H groups in total. The molecule has 0 aromatic heterocycles. The van der Waals surface area contributed by atoms with Crippen molar-refractivity contribution >= 4 is 11.6 Å². The van der Waals surface area contributed by atoms with E-state index in [1.165, 1.54) is 12.1 Å². The first-order valence-electron chi connectivity index (χ1n) is 3.71. The van der Waals surface area contributed by atoms with Crippen molar-refractivity contribution in [1.29, 1.82) is 0 Å². The molecule has 66 valence electrons. The lowest BCUT2D eigenvalue weighted by atomic mass is 10.0. The standard InChI is InChI=1S/C9H10ClFO/c1-5(2)8-6(10)3-4-7(12)9(8)11/h3-5,12H,1-2H3. The summed E-state index contributed by atoms with van der Waals surface area (Å²) in [6.07, 6.45) is 0. The highest BCUT2D eigenvalue weighted by Gasteiger charge is 2.14. The van der Waals surface area contributed by atoms with Crippen LogP contribution in [0.15, 0.2) is 12.1 Å². The van der Waals surface area contributed by atoms with Gasteiger partial charge in [-0.15, -0.1) is 0 Å². The summed E-state index contributed by atoms with van der Waals surface area (Å²) >= 11 is 5.75. The summed E-state index contributed by atoms with van der Waals surface area (Å²) in [4.78, 5) is 0. The van der Waals surface area contributed by atoms with Crippen LogP contribution in [0.1, 0.15) is 25.3 Å². The van der Waals surface area contributed by atoms with E-state index in [4.69, 9.17) is 16.7 Å². The molecule has 1 aromatic carbocycles. The van der Waals surface area contributed by atoms with Gasteiger partial charge in [0.05, 0.1) is 0 Å². The van der Waals surface area contributed by atoms with Crippen LogP contribution in [0, 0.1) is 5.82 Å². The minimum absolute atomic E-state index is 0.0235. The third-order valence-corrected chi connectivity index (χ3v) is 2.01. The molecular weight excluding hydrogens is 179 g/mol. The Bertz CT molecular complexity index is 297. The molecule has 1 nitrogen and oxygen atoms in total. The topological polar surface area (TPSA) is 20.2 Å². The second-order valence-electron chi connectivity index (χ2n) is 2.95. The molecule has 3 heteroatoms. The van der Waals surface area contributed by atoms with E-state index in [2.05, 4.69) is 0 Å². The minimum Gasteiger partial charge on any atom is -0.505 e. The number of rotatable bonds is 1. The second kappa shape index (κ2) is 3.31. The third kappa shape index (κ3) is 1.53. The molecular formula is C9H10ClFO. The van der Waals surface area contributed by atoms with Crippen LogP contribution in [0.2, 0.25) is 5.02 Å². The highest BCUT2D eigenvalue weighted by molar-refractivity contribution is 6.31. The Hall–Kier alpha value is -0.760. The van der Waals surface area contributed by atoms with Crippen molar-refractivity contribution in [3.8, 4) is 5.75 Å². The molecule has 0 aliphatic heterocycles. The van der Waals surface area contributed by atoms with E-state index < -0.39 is 5.82 Å². The van der Waals surface area contributed by atoms with Crippen LogP contribution in [0.3, 0.4) is 0 Å². The number of phenolic OH excluding ortho intramolecular Hbond substituents is 1. The summed E-state index contributed by atoms with van der Waals surface area (Å²) in [5.74, 6) is -0.981. The Morgan fingerprint density at radius 1 is 1.42 bits per heavy atom. The number of aromatic hydroxyl groups is 1. The number of hydrogen-bond acceptors (Lipinski definition) is 1. The maximum Gasteiger partial charge on any atom is 0.169 e. The van der Waals surface area contributed by atoms with E-state index in [0.29, 0.717) is 10.6 Å². The van der Waals surface area contributed by atoms with Crippen molar-refractivity contribution in [3.05, 3.63) is 28.5 Å². The summed E-state index contributed by atoms with van der Waals surface area (Å²) in [7, 11) is 0. The van der Waals surface area contributed by atoms with E-state index in [9.17, 15) is 4.39 Å². The SMILES string of the molecule is CC(C)c1c(Cl)ccc(O)c1F. The van der Waals surface area contributed by atoms with E-state index >= 15 is 0 Å². The van der Waals surface area contributed by atoms with Crippen LogP contribution in [0.4, 0.5) is 4.39 Å². The summed E-state index contributed by atoms with van der Waals surface area (Å²) in [5.41, 5.74) is 0.372. The van der Waals surface area contributed by atoms with Crippen molar-refractivity contribution in [3.63, 3.8) is 0 Å². The van der Waals surface area contributed by atoms with Crippen LogP contribution >= 0.6 is 11.6 Å². The van der Waals surface area contributed by atoms with Gasteiger partial charge in [-0.25, -0.2) is 4.39 Å². The van der Waals surface area contributed by atoms with E-state index in [-0.39, 0.29) is 11.7 Å². The predicted molar refractivity (Wildman–Crippen MR) is 47.2 cm³/mol. The summed E-state index contributed by atoms with van der Waals surface area (Å²) < 4.78 is 13.2. The second-order valence-corrected chi connectivity index (χ2v) is 3.36. The molecule has 0 atom stereocenters. The van der Waals surface area contributed by atoms with Gasteiger partial charge in [0.15, 0.2) is 11.6 Å². The monoisotopic (exact) mass is 188 g/mol. The lowest BCUT2D eigenvalue weighted by Gasteiger charge is -2.09. The number of halogens is 2. The Labute approximate surface area is 75.8 Å². The first-order chi connectivity index (χ1) is 5.54. The van der Waals surface area contributed by atoms with E-state index in [1.807, 2.05) is 13.8 Å². The Morgan fingerprint density at radius 2 is 2.00 bits per heavy atom. The third-order valence-electron chi connectivity index (χ3n) is 1.68. The van der Waals surface area contributed by atoms with Crippen molar-refractivity contribution in [2.45, 2.75) is 19.8 Å². The zero-order valence-corrected chi connectivity index (χ0v) is 7.69. The lowest BCUT2D eigenvalue weighted by molar-refractivity contribution is 0.427. The number of hydrogen-bond donors (Lipinski definition) is 1. The largest absolute Gasteiger partial charge is 0.505 e. The maximum absolute atomic E-state index is 13.2. The molecule has 0 bridgehead atoms. The Balaban J connectivity index is 3.33. The fourth-order valence-corrected chi connectivity index (χ4v) is 1.45. The van der Waals surface area contributed by atoms with Crippen molar-refractivity contribution in [2.75, 3.05) is 0 Å². The van der Waals surface area contributed by atoms with Crippen LogP contribution in [0.5, 0.6) is 5.75 Å². The number of phenols is 1. The first-order valence-corrected chi connectivity index (χ1v) is 4.08. The molecule has 0 spiro atoms. The van der Waals surface area contributed by atoms with Gasteiger partial charge in [0.25, 0.3) is 0 Å². The predicted octanol–water partition coefficient (Wildman–Crippen LogP) is 3.31. The minimum atomic E-state index is -0.613. The van der Waals surface area contributed by atoms with Crippen molar-refractivity contribution in [2.24, 2.45) is 0 Å². The van der Waals surface area contributed by atoms with Gasteiger partial charge < -0.3 is 5.11 Å². The maximum atomic E-state index is 13.2. The molecule has 0 radical (unpaired) electrons. The average Bonchev–Trinajstić information content (AvgIpc) is 1.97. The molecule has 0 fully saturated rings. The molecule has 0 heterocycles. The van der Waals surface area contributed by atoms with Gasteiger partial charge in [0.2, 0.25) is 0 Å². The molecule has 0 saturated heterocycles. The fourth-order valence-electron chi connectivity index (χ4n) is 1.09. The van der Waals surface area contributed by atoms with Gasteiger partial charge in [-0.2, -0.15) is 0 Å². The normalized spacial score (nSPS) is 10.8. The van der Waals surface area contributed by atoms with E-state index in [1.54, 1.807) is 0 Å². The highest BCUT2D eigenvalue weighted by atomic mass is 35.5. The summed E-state index contributed by atoms with van der Waals surface area (Å²) in [5, 5.41) is 9.40. The number of benzene rings is 1. The zero-order valence-electron chi connectivity index (χ0n) is 6.94. The average molecular weight is 189 g/mol. The summed E-state index contributed by atoms with van der Waals surface area (Å²) in [6, 6.07) is 2.75. The van der Waals surface area contributed by atoms with Crippen molar-refractivity contribution in [1.82, 2.24) is 0 Å². The highest BCUT2D eigenvalue weighted by Crippen LogP contribution is 2.31. The molecule has 0 aliphatic rings. The van der Waals surface area contributed by atoms with Crippen LogP contribution in [0.25, 0.3) is 0 Å². The smallest absolute Gasteiger partial charge is 0.169 e. The molecule has 0 amide bonds. The Kier molecular flexibility index (Phi) is 2.58. The van der Waals surface area contributed by atoms with Gasteiger partial charge in [-0.05, 0) is 18.1 Å². The molecule has 0 aliphatic carbocycles. The van der Waals surface area contributed by atoms with E-state index in [0.717, 1.165) is 0 Å². The van der Waals surface area contributed by atoms with Gasteiger partial charge in [0, 0.05) is 10.6 Å². The molecule has 1 rings (SSSR count). The Morgan fingerprint density at radius 3 is 2.42 bits per heavy atom. The quantitative estimate of drug-likeness (QED) is 0.717. The van der Waals surface area contributed by atoms with Gasteiger partial charge in [0.1, 0.15) is 0 Å². The molecule has 0 unspecified atom stereocenters. The first kappa shape index (κ1) is 9.33. The molecule has 1 aromatic rings. The lowest BCUT2D eigenvalue weighted by Crippen LogP contribution is -1.94. The van der Waals surface area contributed by atoms with Gasteiger partial charge in [-0.3, -0.25) is 0 Å². The zero-order chi connectivity index (χ0) is 9.30. The fraction of sp³-hybridized carbons (Fsp3) is 0.333.